The van der Waals surface area contributed by atoms with Crippen molar-refractivity contribution in [2.75, 3.05) is 31.9 Å². The molecule has 1 amide bonds. The highest BCUT2D eigenvalue weighted by atomic mass is 32.2. The van der Waals surface area contributed by atoms with Crippen molar-refractivity contribution in [3.8, 4) is 0 Å². The second-order valence-electron chi connectivity index (χ2n) is 4.86. The highest BCUT2D eigenvalue weighted by molar-refractivity contribution is 7.89. The molecular formula is C10H18N2O3S. The van der Waals surface area contributed by atoms with E-state index in [0.29, 0.717) is 13.1 Å². The van der Waals surface area contributed by atoms with E-state index >= 15 is 0 Å². The molecule has 2 aliphatic heterocycles. The molecule has 2 saturated heterocycles. The highest BCUT2D eigenvalue weighted by Gasteiger charge is 2.50. The zero-order valence-electron chi connectivity index (χ0n) is 9.77. The van der Waals surface area contributed by atoms with Crippen LogP contribution in [0.3, 0.4) is 0 Å². The van der Waals surface area contributed by atoms with Gasteiger partial charge in [-0.2, -0.15) is 0 Å². The van der Waals surface area contributed by atoms with Gasteiger partial charge in [-0.25, -0.2) is 12.7 Å². The van der Waals surface area contributed by atoms with E-state index in [9.17, 15) is 13.2 Å². The van der Waals surface area contributed by atoms with Gasteiger partial charge in [-0.05, 0) is 13.3 Å². The molecule has 0 aromatic rings. The van der Waals surface area contributed by atoms with Crippen LogP contribution in [0, 0.1) is 5.41 Å². The second kappa shape index (κ2) is 3.70. The SMILES string of the molecule is CCS(=O)(=O)N1CCC2(CN(C(C)=O)C2)C1. The number of amides is 1. The van der Waals surface area contributed by atoms with Crippen LogP contribution in [0.25, 0.3) is 0 Å². The van der Waals surface area contributed by atoms with E-state index in [1.807, 2.05) is 0 Å². The van der Waals surface area contributed by atoms with Crippen LogP contribution in [0.15, 0.2) is 0 Å². The van der Waals surface area contributed by atoms with Gasteiger partial charge in [0.15, 0.2) is 0 Å². The van der Waals surface area contributed by atoms with E-state index in [1.165, 1.54) is 0 Å². The van der Waals surface area contributed by atoms with Crippen molar-refractivity contribution in [2.45, 2.75) is 20.3 Å². The van der Waals surface area contributed by atoms with Crippen molar-refractivity contribution in [2.24, 2.45) is 5.41 Å². The number of rotatable bonds is 2. The number of sulfonamides is 1. The number of hydrogen-bond donors (Lipinski definition) is 0. The Morgan fingerprint density at radius 1 is 1.31 bits per heavy atom. The van der Waals surface area contributed by atoms with Gasteiger partial charge in [-0.1, -0.05) is 0 Å². The predicted molar refractivity (Wildman–Crippen MR) is 60.3 cm³/mol. The first-order valence-corrected chi connectivity index (χ1v) is 7.23. The smallest absolute Gasteiger partial charge is 0.219 e. The van der Waals surface area contributed by atoms with E-state index in [4.69, 9.17) is 0 Å². The molecule has 16 heavy (non-hydrogen) atoms. The molecule has 2 aliphatic rings. The molecule has 0 aromatic carbocycles. The van der Waals surface area contributed by atoms with E-state index in [1.54, 1.807) is 23.1 Å². The summed E-state index contributed by atoms with van der Waals surface area (Å²) < 4.78 is 25.0. The van der Waals surface area contributed by atoms with Gasteiger partial charge in [0.1, 0.15) is 0 Å². The maximum Gasteiger partial charge on any atom is 0.219 e. The molecule has 5 nitrogen and oxygen atoms in total. The summed E-state index contributed by atoms with van der Waals surface area (Å²) in [7, 11) is -3.05. The van der Waals surface area contributed by atoms with Gasteiger partial charge < -0.3 is 4.90 Å². The fraction of sp³-hybridized carbons (Fsp3) is 0.900. The first-order valence-electron chi connectivity index (χ1n) is 5.62. The average molecular weight is 246 g/mol. The molecule has 0 aliphatic carbocycles. The minimum absolute atomic E-state index is 0.0495. The summed E-state index contributed by atoms with van der Waals surface area (Å²) in [5, 5.41) is 0. The van der Waals surface area contributed by atoms with Crippen LogP contribution in [0.4, 0.5) is 0 Å². The van der Waals surface area contributed by atoms with Crippen LogP contribution in [-0.2, 0) is 14.8 Å². The Hall–Kier alpha value is -0.620. The first-order chi connectivity index (χ1) is 7.38. The summed E-state index contributed by atoms with van der Waals surface area (Å²) in [5.74, 6) is 0.252. The molecule has 0 aromatic heterocycles. The van der Waals surface area contributed by atoms with E-state index in [0.717, 1.165) is 19.5 Å². The molecule has 0 radical (unpaired) electrons. The largest absolute Gasteiger partial charge is 0.342 e. The summed E-state index contributed by atoms with van der Waals surface area (Å²) >= 11 is 0. The maximum absolute atomic E-state index is 11.7. The Balaban J connectivity index is 1.98. The number of nitrogens with zero attached hydrogens (tertiary/aromatic N) is 2. The maximum atomic E-state index is 11.7. The van der Waals surface area contributed by atoms with Crippen molar-refractivity contribution in [3.63, 3.8) is 0 Å². The van der Waals surface area contributed by atoms with Gasteiger partial charge in [0.05, 0.1) is 5.75 Å². The van der Waals surface area contributed by atoms with Crippen molar-refractivity contribution >= 4 is 15.9 Å². The summed E-state index contributed by atoms with van der Waals surface area (Å²) in [6, 6.07) is 0. The van der Waals surface area contributed by atoms with Crippen molar-refractivity contribution in [1.29, 1.82) is 0 Å². The van der Waals surface area contributed by atoms with Gasteiger partial charge in [-0.15, -0.1) is 0 Å². The van der Waals surface area contributed by atoms with Crippen molar-refractivity contribution < 1.29 is 13.2 Å². The monoisotopic (exact) mass is 246 g/mol. The number of likely N-dealkylation sites (tertiary alicyclic amines) is 1. The van der Waals surface area contributed by atoms with Crippen LogP contribution in [0.1, 0.15) is 20.3 Å². The van der Waals surface area contributed by atoms with Crippen LogP contribution >= 0.6 is 0 Å². The lowest BCUT2D eigenvalue weighted by Gasteiger charge is -2.47. The van der Waals surface area contributed by atoms with Crippen LogP contribution in [0.2, 0.25) is 0 Å². The summed E-state index contributed by atoms with van der Waals surface area (Å²) in [6.07, 6.45) is 0.885. The molecule has 6 heteroatoms. The third-order valence-electron chi connectivity index (χ3n) is 3.66. The van der Waals surface area contributed by atoms with Gasteiger partial charge >= 0.3 is 0 Å². The Morgan fingerprint density at radius 2 is 1.94 bits per heavy atom. The lowest BCUT2D eigenvalue weighted by molar-refractivity contribution is -0.139. The van der Waals surface area contributed by atoms with E-state index < -0.39 is 10.0 Å². The summed E-state index contributed by atoms with van der Waals surface area (Å²) in [6.45, 7) is 5.87. The van der Waals surface area contributed by atoms with Gasteiger partial charge in [0.2, 0.25) is 15.9 Å². The standard InChI is InChI=1S/C10H18N2O3S/c1-3-16(14,15)12-5-4-10(8-12)6-11(7-10)9(2)13/h3-8H2,1-2H3. The molecule has 0 unspecified atom stereocenters. The Bertz CT molecular complexity index is 398. The van der Waals surface area contributed by atoms with Gasteiger partial charge in [0, 0.05) is 38.5 Å². The molecule has 92 valence electrons. The molecule has 0 N–H and O–H groups in total. The Labute approximate surface area is 96.5 Å². The molecule has 0 bridgehead atoms. The van der Waals surface area contributed by atoms with Crippen LogP contribution in [-0.4, -0.2) is 55.5 Å². The van der Waals surface area contributed by atoms with Crippen molar-refractivity contribution in [3.05, 3.63) is 0 Å². The average Bonchev–Trinajstić information content (AvgIpc) is 2.60. The molecule has 2 heterocycles. The predicted octanol–water partition coefficient (Wildman–Crippen LogP) is -0.110. The van der Waals surface area contributed by atoms with E-state index in [2.05, 4.69) is 0 Å². The number of carbonyl (C=O) groups is 1. The van der Waals surface area contributed by atoms with Crippen LogP contribution < -0.4 is 0 Å². The fourth-order valence-corrected chi connectivity index (χ4v) is 3.76. The Kier molecular flexibility index (Phi) is 2.74. The molecular weight excluding hydrogens is 228 g/mol. The molecule has 0 saturated carbocycles. The molecule has 2 fully saturated rings. The minimum atomic E-state index is -3.05. The zero-order valence-corrected chi connectivity index (χ0v) is 10.6. The third-order valence-corrected chi connectivity index (χ3v) is 5.49. The quantitative estimate of drug-likeness (QED) is 0.683. The second-order valence-corrected chi connectivity index (χ2v) is 7.12. The molecule has 1 spiro atoms. The third kappa shape index (κ3) is 1.84. The van der Waals surface area contributed by atoms with Crippen LogP contribution in [0.5, 0.6) is 0 Å². The minimum Gasteiger partial charge on any atom is -0.342 e. The topological polar surface area (TPSA) is 57.7 Å². The summed E-state index contributed by atoms with van der Waals surface area (Å²) in [4.78, 5) is 12.9. The summed E-state index contributed by atoms with van der Waals surface area (Å²) in [5.41, 5.74) is 0.0495. The molecule has 2 rings (SSSR count). The zero-order chi connectivity index (χ0) is 12.0. The Morgan fingerprint density at radius 3 is 2.44 bits per heavy atom. The lowest BCUT2D eigenvalue weighted by Crippen LogP contribution is -2.59. The fourth-order valence-electron chi connectivity index (χ4n) is 2.56. The molecule has 0 atom stereocenters. The van der Waals surface area contributed by atoms with Gasteiger partial charge in [-0.3, -0.25) is 4.79 Å². The van der Waals surface area contributed by atoms with Crippen molar-refractivity contribution in [1.82, 2.24) is 9.21 Å². The van der Waals surface area contributed by atoms with Gasteiger partial charge in [0.25, 0.3) is 0 Å². The highest BCUT2D eigenvalue weighted by Crippen LogP contribution is 2.40. The number of hydrogen-bond acceptors (Lipinski definition) is 3. The lowest BCUT2D eigenvalue weighted by atomic mass is 9.79. The normalized spacial score (nSPS) is 24.8. The number of carbonyl (C=O) groups excluding carboxylic acids is 1. The van der Waals surface area contributed by atoms with E-state index in [-0.39, 0.29) is 17.1 Å². The first kappa shape index (κ1) is 11.9.